The highest BCUT2D eigenvalue weighted by Crippen LogP contribution is 2.16. The van der Waals surface area contributed by atoms with E-state index in [1.807, 2.05) is 0 Å². The topological polar surface area (TPSA) is 44.6 Å². The normalized spacial score (nSPS) is 23.3. The molecule has 0 radical (unpaired) electrons. The van der Waals surface area contributed by atoms with Crippen LogP contribution in [0.1, 0.15) is 110 Å². The number of nitrogens with one attached hydrogen (secondary N) is 1. The molecule has 3 heteroatoms. The van der Waals surface area contributed by atoms with Gasteiger partial charge in [0, 0.05) is 6.04 Å². The Morgan fingerprint density at radius 1 is 0.870 bits per heavy atom. The molecular weight excluding hydrogens is 284 g/mol. The van der Waals surface area contributed by atoms with Gasteiger partial charge in [-0.2, -0.15) is 0 Å². The lowest BCUT2D eigenvalue weighted by molar-refractivity contribution is 0.312. The summed E-state index contributed by atoms with van der Waals surface area (Å²) in [7, 11) is 0. The number of hydrogen-bond acceptors (Lipinski definition) is 3. The number of nitrogens with zero attached hydrogens (tertiary/aromatic N) is 1. The first-order valence-corrected chi connectivity index (χ1v) is 10.3. The molecule has 1 aliphatic rings. The van der Waals surface area contributed by atoms with Crippen LogP contribution in [0.25, 0.3) is 0 Å². The van der Waals surface area contributed by atoms with E-state index < -0.39 is 0 Å². The van der Waals surface area contributed by atoms with E-state index in [1.165, 1.54) is 89.9 Å². The van der Waals surface area contributed by atoms with Crippen molar-refractivity contribution < 1.29 is 5.21 Å². The molecule has 3 nitrogen and oxygen atoms in total. The van der Waals surface area contributed by atoms with Gasteiger partial charge in [-0.15, -0.1) is 0 Å². The summed E-state index contributed by atoms with van der Waals surface area (Å²) < 4.78 is 0. The molecule has 1 rings (SSSR count). The Kier molecular flexibility index (Phi) is 13.3. The van der Waals surface area contributed by atoms with E-state index in [0.717, 1.165) is 25.1 Å². The predicted molar refractivity (Wildman–Crippen MR) is 101 cm³/mol. The zero-order chi connectivity index (χ0) is 16.6. The molecule has 1 fully saturated rings. The van der Waals surface area contributed by atoms with Crippen molar-refractivity contribution in [3.63, 3.8) is 0 Å². The van der Waals surface area contributed by atoms with Gasteiger partial charge >= 0.3 is 0 Å². The second-order valence-electron chi connectivity index (χ2n) is 7.23. The monoisotopic (exact) mass is 324 g/mol. The maximum atomic E-state index is 9.41. The average Bonchev–Trinajstić information content (AvgIpc) is 2.56. The van der Waals surface area contributed by atoms with Gasteiger partial charge in [0.25, 0.3) is 0 Å². The van der Waals surface area contributed by atoms with E-state index in [1.54, 1.807) is 0 Å². The van der Waals surface area contributed by atoms with E-state index >= 15 is 0 Å². The molecule has 0 spiro atoms. The van der Waals surface area contributed by atoms with Crippen molar-refractivity contribution in [1.29, 1.82) is 0 Å². The van der Waals surface area contributed by atoms with Crippen molar-refractivity contribution in [2.45, 2.75) is 116 Å². The Bertz CT molecular complexity index is 291. The van der Waals surface area contributed by atoms with Gasteiger partial charge in [-0.05, 0) is 32.2 Å². The van der Waals surface area contributed by atoms with Crippen LogP contribution in [-0.2, 0) is 0 Å². The predicted octanol–water partition coefficient (Wildman–Crippen LogP) is 6.05. The van der Waals surface area contributed by atoms with E-state index in [9.17, 15) is 5.21 Å². The van der Waals surface area contributed by atoms with Gasteiger partial charge in [-0.3, -0.25) is 0 Å². The van der Waals surface area contributed by atoms with Gasteiger partial charge in [0.15, 0.2) is 0 Å². The first-order chi connectivity index (χ1) is 11.4. The first kappa shape index (κ1) is 20.5. The fourth-order valence-electron chi connectivity index (χ4n) is 3.58. The van der Waals surface area contributed by atoms with Crippen LogP contribution in [0.2, 0.25) is 0 Å². The summed E-state index contributed by atoms with van der Waals surface area (Å²) in [5, 5.41) is 16.7. The summed E-state index contributed by atoms with van der Waals surface area (Å²) in [6.07, 6.45) is 20.6. The molecule has 0 heterocycles. The molecule has 1 saturated carbocycles. The summed E-state index contributed by atoms with van der Waals surface area (Å²) in [6.45, 7) is 3.33. The Labute approximate surface area is 144 Å². The van der Waals surface area contributed by atoms with Crippen molar-refractivity contribution >= 4 is 5.71 Å². The molecular formula is C20H40N2O. The van der Waals surface area contributed by atoms with Crippen LogP contribution in [0.15, 0.2) is 5.16 Å². The number of hydrogen-bond donors (Lipinski definition) is 2. The van der Waals surface area contributed by atoms with E-state index in [0.29, 0.717) is 6.04 Å². The third-order valence-corrected chi connectivity index (χ3v) is 5.13. The SMILES string of the molecule is CCCCCCCCNC1CCCCCCCCCCC1=NO. The largest absolute Gasteiger partial charge is 0.411 e. The first-order valence-electron chi connectivity index (χ1n) is 10.3. The van der Waals surface area contributed by atoms with Crippen LogP contribution in [-0.4, -0.2) is 23.5 Å². The fourth-order valence-corrected chi connectivity index (χ4v) is 3.58. The molecule has 0 aliphatic heterocycles. The zero-order valence-electron chi connectivity index (χ0n) is 15.5. The molecule has 1 unspecified atom stereocenters. The fraction of sp³-hybridized carbons (Fsp3) is 0.950. The Hall–Kier alpha value is -0.570. The molecule has 2 N–H and O–H groups in total. The summed E-state index contributed by atoms with van der Waals surface area (Å²) in [4.78, 5) is 0. The van der Waals surface area contributed by atoms with E-state index in [4.69, 9.17) is 0 Å². The molecule has 0 amide bonds. The lowest BCUT2D eigenvalue weighted by atomic mass is 9.96. The van der Waals surface area contributed by atoms with Crippen LogP contribution < -0.4 is 5.32 Å². The van der Waals surface area contributed by atoms with Gasteiger partial charge in [0.1, 0.15) is 0 Å². The van der Waals surface area contributed by atoms with Gasteiger partial charge in [-0.1, -0.05) is 89.1 Å². The molecule has 0 bridgehead atoms. The molecule has 1 atom stereocenters. The lowest BCUT2D eigenvalue weighted by Crippen LogP contribution is -2.37. The third kappa shape index (κ3) is 10.8. The highest BCUT2D eigenvalue weighted by Gasteiger charge is 2.16. The van der Waals surface area contributed by atoms with Crippen LogP contribution in [0.4, 0.5) is 0 Å². The quantitative estimate of drug-likeness (QED) is 0.324. The second kappa shape index (κ2) is 15.0. The molecule has 23 heavy (non-hydrogen) atoms. The maximum Gasteiger partial charge on any atom is 0.0739 e. The lowest BCUT2D eigenvalue weighted by Gasteiger charge is -2.21. The van der Waals surface area contributed by atoms with Crippen molar-refractivity contribution in [3.8, 4) is 0 Å². The van der Waals surface area contributed by atoms with Gasteiger partial charge in [0.2, 0.25) is 0 Å². The molecule has 1 aliphatic carbocycles. The number of rotatable bonds is 8. The minimum absolute atomic E-state index is 0.301. The standard InChI is InChI=1S/C20H40N2O/c1-2-3-4-5-12-15-18-21-19-16-13-10-8-6-7-9-11-14-17-20(19)22-23/h19,21,23H,2-18H2,1H3. The van der Waals surface area contributed by atoms with Crippen LogP contribution >= 0.6 is 0 Å². The number of unbranched alkanes of at least 4 members (excludes halogenated alkanes) is 5. The summed E-state index contributed by atoms with van der Waals surface area (Å²) in [5.74, 6) is 0. The van der Waals surface area contributed by atoms with Crippen LogP contribution in [0, 0.1) is 0 Å². The van der Waals surface area contributed by atoms with E-state index in [-0.39, 0.29) is 0 Å². The molecule has 0 saturated heterocycles. The smallest absolute Gasteiger partial charge is 0.0739 e. The zero-order valence-corrected chi connectivity index (χ0v) is 15.5. The summed E-state index contributed by atoms with van der Waals surface area (Å²) >= 11 is 0. The molecule has 0 aromatic carbocycles. The van der Waals surface area contributed by atoms with E-state index in [2.05, 4.69) is 17.4 Å². The highest BCUT2D eigenvalue weighted by atomic mass is 16.4. The van der Waals surface area contributed by atoms with Crippen LogP contribution in [0.3, 0.4) is 0 Å². The Morgan fingerprint density at radius 2 is 1.48 bits per heavy atom. The summed E-state index contributed by atoms with van der Waals surface area (Å²) in [6, 6.07) is 0.301. The third-order valence-electron chi connectivity index (χ3n) is 5.13. The second-order valence-corrected chi connectivity index (χ2v) is 7.23. The molecule has 0 aromatic heterocycles. The van der Waals surface area contributed by atoms with Crippen LogP contribution in [0.5, 0.6) is 0 Å². The Morgan fingerprint density at radius 3 is 2.17 bits per heavy atom. The Balaban J connectivity index is 2.29. The average molecular weight is 325 g/mol. The summed E-state index contributed by atoms with van der Waals surface area (Å²) in [5.41, 5.74) is 0.997. The maximum absolute atomic E-state index is 9.41. The molecule has 136 valence electrons. The van der Waals surface area contributed by atoms with Crippen molar-refractivity contribution in [2.75, 3.05) is 6.54 Å². The van der Waals surface area contributed by atoms with Gasteiger partial charge in [0.05, 0.1) is 5.71 Å². The van der Waals surface area contributed by atoms with Gasteiger partial charge in [-0.25, -0.2) is 0 Å². The van der Waals surface area contributed by atoms with Crippen molar-refractivity contribution in [2.24, 2.45) is 5.16 Å². The van der Waals surface area contributed by atoms with Gasteiger partial charge < -0.3 is 10.5 Å². The minimum Gasteiger partial charge on any atom is -0.411 e. The number of oxime groups is 1. The van der Waals surface area contributed by atoms with Crippen molar-refractivity contribution in [1.82, 2.24) is 5.32 Å². The molecule has 0 aromatic rings. The minimum atomic E-state index is 0.301. The van der Waals surface area contributed by atoms with Crippen molar-refractivity contribution in [3.05, 3.63) is 0 Å². The highest BCUT2D eigenvalue weighted by molar-refractivity contribution is 5.89.